The molecule has 2 amide bonds. The number of rotatable bonds is 6. The highest BCUT2D eigenvalue weighted by atomic mass is 32.1. The molecular formula is C24H29FN2O2S. The maximum absolute atomic E-state index is 13.5. The van der Waals surface area contributed by atoms with Crippen molar-refractivity contribution < 1.29 is 14.0 Å². The SMILES string of the molecule is CC[C@H](C)N(CC(=O)N1CCc2sccc2[C@H]1c1ccc(F)cc1)C(=O)C1CCC1. The first-order valence-corrected chi connectivity index (χ1v) is 11.8. The Hall–Kier alpha value is -2.21. The molecule has 4 nitrogen and oxygen atoms in total. The fraction of sp³-hybridized carbons (Fsp3) is 0.500. The Bertz CT molecular complexity index is 906. The van der Waals surface area contributed by atoms with Gasteiger partial charge in [-0.1, -0.05) is 25.5 Å². The maximum Gasteiger partial charge on any atom is 0.243 e. The minimum atomic E-state index is -0.285. The fourth-order valence-electron chi connectivity index (χ4n) is 4.39. The van der Waals surface area contributed by atoms with E-state index in [0.29, 0.717) is 6.54 Å². The third-order valence-electron chi connectivity index (χ3n) is 6.64. The van der Waals surface area contributed by atoms with Gasteiger partial charge in [0.1, 0.15) is 12.4 Å². The summed E-state index contributed by atoms with van der Waals surface area (Å²) in [5.74, 6) is -0.124. The largest absolute Gasteiger partial charge is 0.330 e. The Kier molecular flexibility index (Phi) is 6.23. The van der Waals surface area contributed by atoms with E-state index in [1.165, 1.54) is 17.0 Å². The number of carbonyl (C=O) groups excluding carboxylic acids is 2. The number of thiophene rings is 1. The van der Waals surface area contributed by atoms with Crippen molar-refractivity contribution in [2.45, 2.75) is 58.0 Å². The monoisotopic (exact) mass is 428 g/mol. The molecule has 0 N–H and O–H groups in total. The third kappa shape index (κ3) is 4.02. The quantitative estimate of drug-likeness (QED) is 0.664. The normalized spacial score (nSPS) is 19.7. The summed E-state index contributed by atoms with van der Waals surface area (Å²) in [6.07, 6.45) is 4.59. The molecule has 1 fully saturated rings. The van der Waals surface area contributed by atoms with Crippen LogP contribution in [0.1, 0.15) is 61.6 Å². The molecule has 1 aromatic carbocycles. The van der Waals surface area contributed by atoms with E-state index >= 15 is 0 Å². The van der Waals surface area contributed by atoms with Crippen LogP contribution in [0.25, 0.3) is 0 Å². The summed E-state index contributed by atoms with van der Waals surface area (Å²) in [4.78, 5) is 31.5. The lowest BCUT2D eigenvalue weighted by atomic mass is 9.84. The summed E-state index contributed by atoms with van der Waals surface area (Å²) in [7, 11) is 0. The second-order valence-electron chi connectivity index (χ2n) is 8.44. The van der Waals surface area contributed by atoms with Crippen LogP contribution in [0.4, 0.5) is 4.39 Å². The Morgan fingerprint density at radius 3 is 2.60 bits per heavy atom. The molecule has 6 heteroatoms. The zero-order valence-corrected chi connectivity index (χ0v) is 18.5. The molecule has 0 saturated heterocycles. The standard InChI is InChI=1S/C24H29FN2O2S/c1-3-16(2)27(24(29)18-5-4-6-18)15-22(28)26-13-11-21-20(12-14-30-21)23(26)17-7-9-19(25)10-8-17/h7-10,12,14,16,18,23H,3-6,11,13,15H2,1-2H3/t16-,23+/m0/s1. The lowest BCUT2D eigenvalue weighted by molar-refractivity contribution is -0.147. The van der Waals surface area contributed by atoms with Crippen molar-refractivity contribution in [1.29, 1.82) is 0 Å². The van der Waals surface area contributed by atoms with Crippen LogP contribution in [0.15, 0.2) is 35.7 Å². The van der Waals surface area contributed by atoms with Crippen molar-refractivity contribution in [2.24, 2.45) is 5.92 Å². The van der Waals surface area contributed by atoms with Gasteiger partial charge in [0.25, 0.3) is 0 Å². The van der Waals surface area contributed by atoms with Gasteiger partial charge in [-0.05, 0) is 67.3 Å². The molecule has 2 atom stereocenters. The molecule has 2 heterocycles. The number of nitrogens with zero attached hydrogens (tertiary/aromatic N) is 2. The van der Waals surface area contributed by atoms with Gasteiger partial charge in [0.2, 0.25) is 11.8 Å². The van der Waals surface area contributed by atoms with Gasteiger partial charge in [-0.3, -0.25) is 9.59 Å². The predicted octanol–water partition coefficient (Wildman–Crippen LogP) is 4.79. The lowest BCUT2D eigenvalue weighted by Gasteiger charge is -2.40. The number of benzene rings is 1. The molecule has 0 radical (unpaired) electrons. The molecule has 160 valence electrons. The minimum Gasteiger partial charge on any atom is -0.330 e. The Labute approximate surface area is 181 Å². The summed E-state index contributed by atoms with van der Waals surface area (Å²) >= 11 is 1.71. The molecule has 4 rings (SSSR count). The van der Waals surface area contributed by atoms with Crippen molar-refractivity contribution in [3.63, 3.8) is 0 Å². The van der Waals surface area contributed by atoms with Gasteiger partial charge in [0.15, 0.2) is 0 Å². The Balaban J connectivity index is 1.60. The van der Waals surface area contributed by atoms with Crippen LogP contribution in [0, 0.1) is 11.7 Å². The molecule has 30 heavy (non-hydrogen) atoms. The van der Waals surface area contributed by atoms with E-state index in [-0.39, 0.29) is 42.2 Å². The van der Waals surface area contributed by atoms with E-state index < -0.39 is 0 Å². The van der Waals surface area contributed by atoms with Crippen LogP contribution in [-0.2, 0) is 16.0 Å². The topological polar surface area (TPSA) is 40.6 Å². The van der Waals surface area contributed by atoms with E-state index in [1.807, 2.05) is 11.8 Å². The fourth-order valence-corrected chi connectivity index (χ4v) is 5.29. The summed E-state index contributed by atoms with van der Waals surface area (Å²) in [5.41, 5.74) is 2.02. The van der Waals surface area contributed by atoms with Crippen molar-refractivity contribution in [3.8, 4) is 0 Å². The first-order valence-electron chi connectivity index (χ1n) is 10.9. The van der Waals surface area contributed by atoms with Gasteiger partial charge < -0.3 is 9.80 Å². The predicted molar refractivity (Wildman–Crippen MR) is 117 cm³/mol. The number of hydrogen-bond acceptors (Lipinski definition) is 3. The maximum atomic E-state index is 13.5. The van der Waals surface area contributed by atoms with Crippen LogP contribution in [0.5, 0.6) is 0 Å². The molecule has 2 aromatic rings. The highest BCUT2D eigenvalue weighted by Crippen LogP contribution is 2.38. The number of fused-ring (bicyclic) bond motifs is 1. The molecule has 0 unspecified atom stereocenters. The van der Waals surface area contributed by atoms with Crippen molar-refractivity contribution >= 4 is 23.2 Å². The first-order chi connectivity index (χ1) is 14.5. The summed E-state index contributed by atoms with van der Waals surface area (Å²) in [6.45, 7) is 4.80. The molecule has 1 aliphatic heterocycles. The zero-order valence-electron chi connectivity index (χ0n) is 17.6. The second kappa shape index (κ2) is 8.88. The number of amides is 2. The molecule has 0 spiro atoms. The third-order valence-corrected chi connectivity index (χ3v) is 7.63. The van der Waals surface area contributed by atoms with E-state index in [0.717, 1.165) is 43.2 Å². The second-order valence-corrected chi connectivity index (χ2v) is 9.44. The van der Waals surface area contributed by atoms with Crippen LogP contribution >= 0.6 is 11.3 Å². The summed E-state index contributed by atoms with van der Waals surface area (Å²) in [6, 6.07) is 8.30. The summed E-state index contributed by atoms with van der Waals surface area (Å²) in [5, 5.41) is 2.06. The average Bonchev–Trinajstić information content (AvgIpc) is 3.18. The molecule has 1 aliphatic carbocycles. The van der Waals surface area contributed by atoms with Crippen LogP contribution in [0.2, 0.25) is 0 Å². The van der Waals surface area contributed by atoms with E-state index in [4.69, 9.17) is 0 Å². The molecule has 1 saturated carbocycles. The van der Waals surface area contributed by atoms with Gasteiger partial charge in [-0.25, -0.2) is 4.39 Å². The van der Waals surface area contributed by atoms with Crippen LogP contribution in [-0.4, -0.2) is 40.7 Å². The zero-order chi connectivity index (χ0) is 21.3. The summed E-state index contributed by atoms with van der Waals surface area (Å²) < 4.78 is 13.5. The lowest BCUT2D eigenvalue weighted by Crippen LogP contribution is -2.51. The van der Waals surface area contributed by atoms with Gasteiger partial charge in [0.05, 0.1) is 6.04 Å². The Morgan fingerprint density at radius 2 is 1.97 bits per heavy atom. The molecule has 2 aliphatic rings. The van der Waals surface area contributed by atoms with Crippen LogP contribution in [0.3, 0.4) is 0 Å². The number of hydrogen-bond donors (Lipinski definition) is 0. The van der Waals surface area contributed by atoms with Crippen molar-refractivity contribution in [2.75, 3.05) is 13.1 Å². The number of carbonyl (C=O) groups is 2. The van der Waals surface area contributed by atoms with E-state index in [9.17, 15) is 14.0 Å². The smallest absolute Gasteiger partial charge is 0.243 e. The molecule has 1 aromatic heterocycles. The van der Waals surface area contributed by atoms with Crippen molar-refractivity contribution in [1.82, 2.24) is 9.80 Å². The minimum absolute atomic E-state index is 0.0332. The number of halogens is 1. The van der Waals surface area contributed by atoms with Crippen molar-refractivity contribution in [3.05, 3.63) is 57.5 Å². The average molecular weight is 429 g/mol. The van der Waals surface area contributed by atoms with Gasteiger partial charge in [-0.15, -0.1) is 11.3 Å². The van der Waals surface area contributed by atoms with E-state index in [2.05, 4.69) is 18.4 Å². The van der Waals surface area contributed by atoms with Gasteiger partial charge in [0, 0.05) is 23.4 Å². The van der Waals surface area contributed by atoms with E-state index in [1.54, 1.807) is 28.4 Å². The highest BCUT2D eigenvalue weighted by Gasteiger charge is 2.37. The van der Waals surface area contributed by atoms with Crippen LogP contribution < -0.4 is 0 Å². The molecular weight excluding hydrogens is 399 g/mol. The Morgan fingerprint density at radius 1 is 1.23 bits per heavy atom. The molecule has 0 bridgehead atoms. The van der Waals surface area contributed by atoms with Gasteiger partial charge in [-0.2, -0.15) is 0 Å². The first kappa shape index (κ1) is 21.0. The highest BCUT2D eigenvalue weighted by molar-refractivity contribution is 7.10. The van der Waals surface area contributed by atoms with Gasteiger partial charge >= 0.3 is 0 Å².